The van der Waals surface area contributed by atoms with Crippen LogP contribution in [-0.2, 0) is 9.59 Å². The number of likely N-dealkylation sites (tertiary alicyclic amines) is 1. The lowest BCUT2D eigenvalue weighted by Gasteiger charge is -2.45. The minimum absolute atomic E-state index is 0.0829. The van der Waals surface area contributed by atoms with Gasteiger partial charge in [-0.3, -0.25) is 9.69 Å². The van der Waals surface area contributed by atoms with Crippen molar-refractivity contribution >= 4 is 11.9 Å². The zero-order valence-electron chi connectivity index (χ0n) is 15.5. The van der Waals surface area contributed by atoms with E-state index in [0.717, 1.165) is 19.3 Å². The summed E-state index contributed by atoms with van der Waals surface area (Å²) in [5, 5.41) is 12.2. The Labute approximate surface area is 140 Å². The van der Waals surface area contributed by atoms with Gasteiger partial charge in [0.2, 0.25) is 5.91 Å². The average molecular weight is 326 g/mol. The molecule has 1 heterocycles. The molecule has 0 spiro atoms. The maximum atomic E-state index is 12.9. The molecule has 1 aliphatic rings. The SMILES string of the molecule is CCC(C)C(NC(=O)C(C(C)C)N1C(C)CCCC1C)C(=O)O. The molecule has 0 aliphatic carbocycles. The standard InChI is InChI=1S/C18H34N2O3/c1-7-12(4)15(18(22)23)19-17(21)16(11(2)3)20-13(5)9-8-10-14(20)6/h11-16H,7-10H2,1-6H3,(H,19,21)(H,22,23). The fourth-order valence-corrected chi connectivity index (χ4v) is 3.69. The molecular weight excluding hydrogens is 292 g/mol. The van der Waals surface area contributed by atoms with Crippen molar-refractivity contribution in [3.05, 3.63) is 0 Å². The molecule has 23 heavy (non-hydrogen) atoms. The van der Waals surface area contributed by atoms with Gasteiger partial charge in [0.25, 0.3) is 0 Å². The molecule has 1 saturated heterocycles. The van der Waals surface area contributed by atoms with Crippen molar-refractivity contribution in [1.82, 2.24) is 10.2 Å². The van der Waals surface area contributed by atoms with Crippen LogP contribution in [0.5, 0.6) is 0 Å². The molecule has 5 atom stereocenters. The van der Waals surface area contributed by atoms with Crippen molar-refractivity contribution in [3.63, 3.8) is 0 Å². The van der Waals surface area contributed by atoms with Gasteiger partial charge in [-0.25, -0.2) is 4.79 Å². The van der Waals surface area contributed by atoms with Crippen molar-refractivity contribution in [2.45, 2.75) is 91.4 Å². The van der Waals surface area contributed by atoms with E-state index in [4.69, 9.17) is 0 Å². The first-order valence-corrected chi connectivity index (χ1v) is 9.01. The largest absolute Gasteiger partial charge is 0.480 e. The van der Waals surface area contributed by atoms with Gasteiger partial charge >= 0.3 is 5.97 Å². The first kappa shape index (κ1) is 19.9. The smallest absolute Gasteiger partial charge is 0.326 e. The summed E-state index contributed by atoms with van der Waals surface area (Å²) in [6.07, 6.45) is 4.10. The van der Waals surface area contributed by atoms with Crippen LogP contribution in [-0.4, -0.2) is 46.1 Å². The van der Waals surface area contributed by atoms with Gasteiger partial charge in [0.1, 0.15) is 6.04 Å². The summed E-state index contributed by atoms with van der Waals surface area (Å²) < 4.78 is 0. The number of hydrogen-bond donors (Lipinski definition) is 2. The van der Waals surface area contributed by atoms with Crippen LogP contribution in [0.25, 0.3) is 0 Å². The highest BCUT2D eigenvalue weighted by atomic mass is 16.4. The molecule has 0 bridgehead atoms. The summed E-state index contributed by atoms with van der Waals surface area (Å²) in [5.41, 5.74) is 0. The second-order valence-electron chi connectivity index (χ2n) is 7.48. The van der Waals surface area contributed by atoms with Crippen molar-refractivity contribution in [2.75, 3.05) is 0 Å². The maximum Gasteiger partial charge on any atom is 0.326 e. The molecular formula is C18H34N2O3. The Morgan fingerprint density at radius 3 is 2.09 bits per heavy atom. The van der Waals surface area contributed by atoms with Gasteiger partial charge in [-0.2, -0.15) is 0 Å². The first-order chi connectivity index (χ1) is 10.7. The molecule has 2 N–H and O–H groups in total. The number of piperidine rings is 1. The van der Waals surface area contributed by atoms with E-state index in [0.29, 0.717) is 12.1 Å². The number of nitrogens with one attached hydrogen (secondary N) is 1. The van der Waals surface area contributed by atoms with Gasteiger partial charge in [-0.15, -0.1) is 0 Å². The molecule has 134 valence electrons. The Morgan fingerprint density at radius 1 is 1.17 bits per heavy atom. The van der Waals surface area contributed by atoms with Crippen LogP contribution >= 0.6 is 0 Å². The quantitative estimate of drug-likeness (QED) is 0.755. The number of rotatable bonds is 7. The zero-order chi connectivity index (χ0) is 17.7. The van der Waals surface area contributed by atoms with Crippen LogP contribution < -0.4 is 5.32 Å². The Bertz CT molecular complexity index is 401. The van der Waals surface area contributed by atoms with Crippen molar-refractivity contribution < 1.29 is 14.7 Å². The van der Waals surface area contributed by atoms with Crippen LogP contribution in [0.4, 0.5) is 0 Å². The molecule has 5 unspecified atom stereocenters. The summed E-state index contributed by atoms with van der Waals surface area (Å²) in [7, 11) is 0. The lowest BCUT2D eigenvalue weighted by atomic mass is 9.90. The maximum absolute atomic E-state index is 12.9. The molecule has 1 rings (SSSR count). The molecule has 1 amide bonds. The topological polar surface area (TPSA) is 69.6 Å². The molecule has 0 aromatic rings. The monoisotopic (exact) mass is 326 g/mol. The van der Waals surface area contributed by atoms with Crippen molar-refractivity contribution in [3.8, 4) is 0 Å². The molecule has 5 heteroatoms. The normalized spacial score (nSPS) is 26.6. The van der Waals surface area contributed by atoms with Gasteiger partial charge in [-0.1, -0.05) is 40.5 Å². The van der Waals surface area contributed by atoms with E-state index in [1.54, 1.807) is 0 Å². The molecule has 0 radical (unpaired) electrons. The number of nitrogens with zero attached hydrogens (tertiary/aromatic N) is 1. The van der Waals surface area contributed by atoms with E-state index < -0.39 is 12.0 Å². The number of aliphatic carboxylic acids is 1. The Hall–Kier alpha value is -1.10. The molecule has 0 aromatic heterocycles. The number of carboxylic acids is 1. The summed E-state index contributed by atoms with van der Waals surface area (Å²) in [4.78, 5) is 26.7. The Balaban J connectivity index is 2.95. The van der Waals surface area contributed by atoms with Crippen LogP contribution in [0.15, 0.2) is 0 Å². The third-order valence-corrected chi connectivity index (χ3v) is 5.26. The minimum atomic E-state index is -0.949. The third-order valence-electron chi connectivity index (χ3n) is 5.26. The fraction of sp³-hybridized carbons (Fsp3) is 0.889. The van der Waals surface area contributed by atoms with E-state index in [-0.39, 0.29) is 23.8 Å². The average Bonchev–Trinajstić information content (AvgIpc) is 2.46. The highest BCUT2D eigenvalue weighted by Gasteiger charge is 2.38. The van der Waals surface area contributed by atoms with E-state index >= 15 is 0 Å². The predicted octanol–water partition coefficient (Wildman–Crippen LogP) is 2.89. The van der Waals surface area contributed by atoms with Gasteiger partial charge in [0.05, 0.1) is 6.04 Å². The Kier molecular flexibility index (Phi) is 7.52. The van der Waals surface area contributed by atoms with E-state index in [9.17, 15) is 14.7 Å². The molecule has 0 aromatic carbocycles. The summed E-state index contributed by atoms with van der Waals surface area (Å²) in [6.45, 7) is 12.2. The molecule has 1 aliphatic heterocycles. The van der Waals surface area contributed by atoms with E-state index in [1.165, 1.54) is 6.42 Å². The van der Waals surface area contributed by atoms with Crippen LogP contribution in [0.2, 0.25) is 0 Å². The second-order valence-corrected chi connectivity index (χ2v) is 7.48. The summed E-state index contributed by atoms with van der Waals surface area (Å²) >= 11 is 0. The molecule has 1 fully saturated rings. The number of hydrogen-bond acceptors (Lipinski definition) is 3. The second kappa shape index (κ2) is 8.67. The van der Waals surface area contributed by atoms with E-state index in [2.05, 4.69) is 24.1 Å². The lowest BCUT2D eigenvalue weighted by molar-refractivity contribution is -0.145. The first-order valence-electron chi connectivity index (χ1n) is 9.01. The fourth-order valence-electron chi connectivity index (χ4n) is 3.69. The van der Waals surface area contributed by atoms with Crippen molar-refractivity contribution in [1.29, 1.82) is 0 Å². The van der Waals surface area contributed by atoms with Crippen molar-refractivity contribution in [2.24, 2.45) is 11.8 Å². The van der Waals surface area contributed by atoms with Gasteiger partial charge in [0, 0.05) is 12.1 Å². The lowest BCUT2D eigenvalue weighted by Crippen LogP contribution is -2.60. The Morgan fingerprint density at radius 2 is 1.70 bits per heavy atom. The highest BCUT2D eigenvalue weighted by Crippen LogP contribution is 2.28. The summed E-state index contributed by atoms with van der Waals surface area (Å²) in [5.74, 6) is -1.03. The molecule has 0 saturated carbocycles. The van der Waals surface area contributed by atoms with E-state index in [1.807, 2.05) is 27.7 Å². The minimum Gasteiger partial charge on any atom is -0.480 e. The number of amides is 1. The van der Waals surface area contributed by atoms with Crippen LogP contribution in [0.3, 0.4) is 0 Å². The number of carboxylic acid groups (broad SMARTS) is 1. The zero-order valence-corrected chi connectivity index (χ0v) is 15.5. The van der Waals surface area contributed by atoms with Gasteiger partial charge in [-0.05, 0) is 38.5 Å². The predicted molar refractivity (Wildman–Crippen MR) is 92.3 cm³/mol. The third kappa shape index (κ3) is 4.93. The van der Waals surface area contributed by atoms with Gasteiger partial charge in [0.15, 0.2) is 0 Å². The number of carbonyl (C=O) groups is 2. The summed E-state index contributed by atoms with van der Waals surface area (Å²) in [6, 6.07) is -0.386. The molecule has 5 nitrogen and oxygen atoms in total. The van der Waals surface area contributed by atoms with Gasteiger partial charge < -0.3 is 10.4 Å². The highest BCUT2D eigenvalue weighted by molar-refractivity contribution is 5.87. The number of carbonyl (C=O) groups excluding carboxylic acids is 1. The van der Waals surface area contributed by atoms with Crippen LogP contribution in [0, 0.1) is 11.8 Å². The van der Waals surface area contributed by atoms with Crippen LogP contribution in [0.1, 0.15) is 67.2 Å².